The van der Waals surface area contributed by atoms with E-state index in [1.807, 2.05) is 6.07 Å². The van der Waals surface area contributed by atoms with Gasteiger partial charge in [-0.15, -0.1) is 11.3 Å². The van der Waals surface area contributed by atoms with Crippen molar-refractivity contribution in [2.24, 2.45) is 0 Å². The molecule has 1 N–H and O–H groups in total. The van der Waals surface area contributed by atoms with Crippen molar-refractivity contribution in [1.82, 2.24) is 5.32 Å². The highest BCUT2D eigenvalue weighted by Crippen LogP contribution is 2.21. The fraction of sp³-hybridized carbons (Fsp3) is 0.100. The van der Waals surface area contributed by atoms with Crippen LogP contribution in [0.1, 0.15) is 26.9 Å². The number of carbonyl (C=O) groups is 2. The van der Waals surface area contributed by atoms with E-state index in [-0.39, 0.29) is 12.4 Å². The molecule has 2 aromatic carbocycles. The highest BCUT2D eigenvalue weighted by molar-refractivity contribution is 7.11. The van der Waals surface area contributed by atoms with Crippen LogP contribution in [0.4, 0.5) is 4.39 Å². The molecule has 1 amide bonds. The van der Waals surface area contributed by atoms with Crippen LogP contribution in [-0.4, -0.2) is 11.9 Å². The summed E-state index contributed by atoms with van der Waals surface area (Å²) in [6.07, 6.45) is -1.06. The number of nitrogens with one attached hydrogen (secondary N) is 1. The number of benzene rings is 2. The fourth-order valence-electron chi connectivity index (χ4n) is 2.34. The molecule has 26 heavy (non-hydrogen) atoms. The summed E-state index contributed by atoms with van der Waals surface area (Å²) in [7, 11) is 0. The Hall–Kier alpha value is -2.99. The normalized spacial score (nSPS) is 11.6. The molecule has 1 aromatic heterocycles. The number of carbonyl (C=O) groups excluding carboxylic acids is 2. The Balaban J connectivity index is 1.73. The molecular weight excluding hydrogens is 353 g/mol. The van der Waals surface area contributed by atoms with Crippen molar-refractivity contribution in [3.8, 4) is 0 Å². The number of halogens is 1. The first-order valence-electron chi connectivity index (χ1n) is 7.95. The molecule has 0 fully saturated rings. The summed E-state index contributed by atoms with van der Waals surface area (Å²) in [6.45, 7) is 0.207. The van der Waals surface area contributed by atoms with Crippen LogP contribution >= 0.6 is 11.3 Å². The molecule has 0 bridgehead atoms. The molecule has 1 atom stereocenters. The predicted octanol–water partition coefficient (Wildman–Crippen LogP) is 4.10. The Morgan fingerprint density at radius 2 is 1.73 bits per heavy atom. The maximum absolute atomic E-state index is 13.0. The van der Waals surface area contributed by atoms with Crippen LogP contribution < -0.4 is 5.32 Å². The summed E-state index contributed by atoms with van der Waals surface area (Å²) in [5, 5.41) is 4.50. The van der Waals surface area contributed by atoms with Crippen LogP contribution in [0.5, 0.6) is 0 Å². The van der Waals surface area contributed by atoms with Gasteiger partial charge >= 0.3 is 5.97 Å². The Kier molecular flexibility index (Phi) is 5.76. The summed E-state index contributed by atoms with van der Waals surface area (Å²) < 4.78 is 18.4. The predicted molar refractivity (Wildman–Crippen MR) is 97.2 cm³/mol. The Bertz CT molecular complexity index is 864. The highest BCUT2D eigenvalue weighted by Gasteiger charge is 2.25. The average Bonchev–Trinajstić information content (AvgIpc) is 3.21. The van der Waals surface area contributed by atoms with E-state index >= 15 is 0 Å². The summed E-state index contributed by atoms with van der Waals surface area (Å²) in [5.74, 6) is -1.33. The van der Waals surface area contributed by atoms with E-state index < -0.39 is 18.0 Å². The lowest BCUT2D eigenvalue weighted by Crippen LogP contribution is -2.31. The van der Waals surface area contributed by atoms with E-state index in [9.17, 15) is 14.0 Å². The molecule has 0 aliphatic rings. The number of thiophene rings is 1. The molecule has 3 aromatic rings. The van der Waals surface area contributed by atoms with Crippen molar-refractivity contribution >= 4 is 23.2 Å². The minimum absolute atomic E-state index is 0.207. The minimum Gasteiger partial charge on any atom is -0.443 e. The zero-order valence-corrected chi connectivity index (χ0v) is 14.5. The molecule has 0 saturated heterocycles. The van der Waals surface area contributed by atoms with Crippen LogP contribution in [0, 0.1) is 5.82 Å². The molecule has 6 heteroatoms. The molecule has 0 aliphatic heterocycles. The SMILES string of the molecule is O=C(O[C@H](C(=O)NCc1ccc(F)cc1)c1ccccc1)c1cccs1. The number of hydrogen-bond acceptors (Lipinski definition) is 4. The van der Waals surface area contributed by atoms with Crippen LogP contribution in [0.3, 0.4) is 0 Å². The van der Waals surface area contributed by atoms with E-state index in [4.69, 9.17) is 4.74 Å². The lowest BCUT2D eigenvalue weighted by molar-refractivity contribution is -0.130. The monoisotopic (exact) mass is 369 g/mol. The quantitative estimate of drug-likeness (QED) is 0.666. The number of ether oxygens (including phenoxy) is 1. The van der Waals surface area contributed by atoms with Gasteiger partial charge in [-0.2, -0.15) is 0 Å². The maximum Gasteiger partial charge on any atom is 0.349 e. The third-order valence-corrected chi connectivity index (χ3v) is 4.52. The number of esters is 1. The standard InChI is InChI=1S/C20H16FNO3S/c21-16-10-8-14(9-11-16)13-22-19(23)18(15-5-2-1-3-6-15)25-20(24)17-7-4-12-26-17/h1-12,18H,13H2,(H,22,23)/t18-/m0/s1. The number of hydrogen-bond donors (Lipinski definition) is 1. The molecule has 0 saturated carbocycles. The second kappa shape index (κ2) is 8.40. The van der Waals surface area contributed by atoms with Crippen molar-refractivity contribution in [2.75, 3.05) is 0 Å². The summed E-state index contributed by atoms with van der Waals surface area (Å²) in [6, 6.07) is 18.0. The van der Waals surface area contributed by atoms with Gasteiger partial charge in [-0.3, -0.25) is 4.79 Å². The van der Waals surface area contributed by atoms with Gasteiger partial charge in [0.05, 0.1) is 0 Å². The van der Waals surface area contributed by atoms with E-state index in [1.54, 1.807) is 53.9 Å². The van der Waals surface area contributed by atoms with Gasteiger partial charge in [-0.25, -0.2) is 9.18 Å². The second-order valence-corrected chi connectivity index (χ2v) is 6.47. The van der Waals surface area contributed by atoms with Gasteiger partial charge in [0.15, 0.2) is 0 Å². The van der Waals surface area contributed by atoms with Crippen molar-refractivity contribution in [3.63, 3.8) is 0 Å². The van der Waals surface area contributed by atoms with Crippen molar-refractivity contribution < 1.29 is 18.7 Å². The second-order valence-electron chi connectivity index (χ2n) is 5.52. The van der Waals surface area contributed by atoms with Gasteiger partial charge in [0.25, 0.3) is 5.91 Å². The summed E-state index contributed by atoms with van der Waals surface area (Å²) in [5.41, 5.74) is 1.32. The molecule has 132 valence electrons. The summed E-state index contributed by atoms with van der Waals surface area (Å²) >= 11 is 1.25. The van der Waals surface area contributed by atoms with E-state index in [1.165, 1.54) is 23.5 Å². The van der Waals surface area contributed by atoms with Crippen LogP contribution in [-0.2, 0) is 16.1 Å². The van der Waals surface area contributed by atoms with Gasteiger partial charge in [0, 0.05) is 12.1 Å². The van der Waals surface area contributed by atoms with Crippen LogP contribution in [0.15, 0.2) is 72.1 Å². The third-order valence-electron chi connectivity index (χ3n) is 3.67. The van der Waals surface area contributed by atoms with E-state index in [0.29, 0.717) is 10.4 Å². The lowest BCUT2D eigenvalue weighted by atomic mass is 10.1. The molecule has 3 rings (SSSR count). The average molecular weight is 369 g/mol. The van der Waals surface area contributed by atoms with Gasteiger partial charge < -0.3 is 10.1 Å². The van der Waals surface area contributed by atoms with Gasteiger partial charge in [-0.05, 0) is 29.1 Å². The van der Waals surface area contributed by atoms with E-state index in [0.717, 1.165) is 5.56 Å². The summed E-state index contributed by atoms with van der Waals surface area (Å²) in [4.78, 5) is 25.3. The first-order valence-corrected chi connectivity index (χ1v) is 8.83. The smallest absolute Gasteiger partial charge is 0.349 e. The van der Waals surface area contributed by atoms with Crippen LogP contribution in [0.25, 0.3) is 0 Å². The van der Waals surface area contributed by atoms with Crippen molar-refractivity contribution in [3.05, 3.63) is 93.9 Å². The Morgan fingerprint density at radius 1 is 1.00 bits per heavy atom. The number of rotatable bonds is 6. The molecule has 0 aliphatic carbocycles. The molecular formula is C20H16FNO3S. The maximum atomic E-state index is 13.0. The Labute approximate surface area is 154 Å². The highest BCUT2D eigenvalue weighted by atomic mass is 32.1. The van der Waals surface area contributed by atoms with Crippen molar-refractivity contribution in [2.45, 2.75) is 12.6 Å². The van der Waals surface area contributed by atoms with Crippen molar-refractivity contribution in [1.29, 1.82) is 0 Å². The first kappa shape index (κ1) is 17.8. The molecule has 0 unspecified atom stereocenters. The van der Waals surface area contributed by atoms with E-state index in [2.05, 4.69) is 5.32 Å². The largest absolute Gasteiger partial charge is 0.443 e. The van der Waals surface area contributed by atoms with Gasteiger partial charge in [0.2, 0.25) is 6.10 Å². The Morgan fingerprint density at radius 3 is 2.38 bits per heavy atom. The molecule has 4 nitrogen and oxygen atoms in total. The fourth-order valence-corrected chi connectivity index (χ4v) is 2.95. The van der Waals surface area contributed by atoms with Crippen LogP contribution in [0.2, 0.25) is 0 Å². The third kappa shape index (κ3) is 4.55. The zero-order valence-electron chi connectivity index (χ0n) is 13.7. The molecule has 0 radical (unpaired) electrons. The molecule has 1 heterocycles. The van der Waals surface area contributed by atoms with Gasteiger partial charge in [-0.1, -0.05) is 48.5 Å². The topological polar surface area (TPSA) is 55.4 Å². The zero-order chi connectivity index (χ0) is 18.4. The first-order chi connectivity index (χ1) is 12.6. The lowest BCUT2D eigenvalue weighted by Gasteiger charge is -2.17. The van der Waals surface area contributed by atoms with Gasteiger partial charge in [0.1, 0.15) is 10.7 Å². The minimum atomic E-state index is -1.06. The molecule has 0 spiro atoms. The number of amides is 1.